The van der Waals surface area contributed by atoms with E-state index < -0.39 is 55.0 Å². The van der Waals surface area contributed by atoms with Crippen LogP contribution in [0.25, 0.3) is 0 Å². The average Bonchev–Trinajstić information content (AvgIpc) is 2.72. The first-order valence-corrected chi connectivity index (χ1v) is 8.92. The fourth-order valence-electron chi connectivity index (χ4n) is 2.57. The Hall–Kier alpha value is -3.07. The van der Waals surface area contributed by atoms with Gasteiger partial charge >= 0.3 is 19.0 Å². The first kappa shape index (κ1) is 25.2. The van der Waals surface area contributed by atoms with Crippen LogP contribution in [0.15, 0.2) is 18.2 Å². The lowest BCUT2D eigenvalue weighted by Gasteiger charge is -2.27. The second-order valence-electron chi connectivity index (χ2n) is 6.33. The minimum absolute atomic E-state index is 0.123. The van der Waals surface area contributed by atoms with Crippen molar-refractivity contribution in [3.63, 3.8) is 0 Å². The summed E-state index contributed by atoms with van der Waals surface area (Å²) < 4.78 is 85.8. The molecule has 1 aromatic rings. The zero-order chi connectivity index (χ0) is 24.1. The molecule has 0 spiro atoms. The Morgan fingerprint density at radius 3 is 2.50 bits per heavy atom. The highest BCUT2D eigenvalue weighted by molar-refractivity contribution is 6.00. The Kier molecular flexibility index (Phi) is 8.26. The second-order valence-corrected chi connectivity index (χ2v) is 6.33. The van der Waals surface area contributed by atoms with Crippen molar-refractivity contribution < 1.29 is 50.2 Å². The summed E-state index contributed by atoms with van der Waals surface area (Å²) in [6.07, 6.45) is -4.33. The van der Waals surface area contributed by atoms with Gasteiger partial charge in [0.1, 0.15) is 12.6 Å². The number of benzene rings is 1. The molecule has 0 unspecified atom stereocenters. The maximum atomic E-state index is 13.1. The van der Waals surface area contributed by atoms with Crippen molar-refractivity contribution in [2.75, 3.05) is 36.5 Å². The first-order chi connectivity index (χ1) is 15.0. The number of carbonyl (C=O) groups is 3. The largest absolute Gasteiger partial charge is 0.433 e. The van der Waals surface area contributed by atoms with E-state index in [1.54, 1.807) is 0 Å². The van der Waals surface area contributed by atoms with Crippen molar-refractivity contribution >= 4 is 29.1 Å². The van der Waals surface area contributed by atoms with Crippen LogP contribution in [0.4, 0.5) is 37.7 Å². The fraction of sp³-hybridized carbons (Fsp3) is 0.471. The number of anilines is 2. The minimum atomic E-state index is -5.08. The van der Waals surface area contributed by atoms with E-state index in [0.29, 0.717) is 0 Å². The summed E-state index contributed by atoms with van der Waals surface area (Å²) in [6.45, 7) is -4.03. The summed E-state index contributed by atoms with van der Waals surface area (Å²) in [5, 5.41) is 3.42. The van der Waals surface area contributed by atoms with Crippen LogP contribution in [0, 0.1) is 0 Å². The van der Waals surface area contributed by atoms with Gasteiger partial charge in [-0.05, 0) is 12.1 Å². The van der Waals surface area contributed by atoms with Gasteiger partial charge in [0.25, 0.3) is 11.8 Å². The topological polar surface area (TPSA) is 123 Å². The molecule has 178 valence electrons. The van der Waals surface area contributed by atoms with Crippen LogP contribution >= 0.6 is 0 Å². The van der Waals surface area contributed by atoms with Crippen molar-refractivity contribution in [2.24, 2.45) is 5.73 Å². The van der Waals surface area contributed by atoms with Crippen molar-refractivity contribution in [1.82, 2.24) is 5.32 Å². The van der Waals surface area contributed by atoms with Gasteiger partial charge in [-0.1, -0.05) is 0 Å². The number of carbonyl (C=O) groups excluding carboxylic acids is 3. The van der Waals surface area contributed by atoms with E-state index in [2.05, 4.69) is 4.74 Å². The number of nitrogens with one attached hydrogen (secondary N) is 2. The summed E-state index contributed by atoms with van der Waals surface area (Å²) in [5.41, 5.74) is 5.00. The van der Waals surface area contributed by atoms with E-state index in [4.69, 9.17) is 10.5 Å². The highest BCUT2D eigenvalue weighted by Crippen LogP contribution is 2.32. The number of morpholine rings is 1. The van der Waals surface area contributed by atoms with Gasteiger partial charge in [0.15, 0.2) is 5.75 Å². The van der Waals surface area contributed by atoms with Crippen LogP contribution in [-0.2, 0) is 19.1 Å². The predicted molar refractivity (Wildman–Crippen MR) is 96.8 cm³/mol. The lowest BCUT2D eigenvalue weighted by Crippen LogP contribution is -2.55. The molecule has 1 heterocycles. The molecule has 1 fully saturated rings. The van der Waals surface area contributed by atoms with E-state index >= 15 is 0 Å². The van der Waals surface area contributed by atoms with Gasteiger partial charge in [0, 0.05) is 24.8 Å². The van der Waals surface area contributed by atoms with Crippen molar-refractivity contribution in [3.05, 3.63) is 18.2 Å². The van der Waals surface area contributed by atoms with Gasteiger partial charge in [0.05, 0.1) is 12.3 Å². The molecule has 3 amide bonds. The number of ether oxygens (including phenoxy) is 2. The first-order valence-electron chi connectivity index (χ1n) is 8.92. The molecule has 0 saturated carbocycles. The second kappa shape index (κ2) is 10.5. The molecular weight excluding hydrogens is 454 g/mol. The van der Waals surface area contributed by atoms with Crippen molar-refractivity contribution in [3.8, 4) is 5.75 Å². The SMILES string of the molecule is NC[C@H](NC(=O)C(F)(F)C(F)F)C(=O)Nc1ccc(N2CCOCC2=O)cc1OC(F)F. The van der Waals surface area contributed by atoms with Crippen LogP contribution in [0.1, 0.15) is 0 Å². The molecule has 15 heteroatoms. The van der Waals surface area contributed by atoms with Crippen molar-refractivity contribution in [1.29, 1.82) is 0 Å². The average molecular weight is 472 g/mol. The van der Waals surface area contributed by atoms with Gasteiger partial charge in [-0.3, -0.25) is 14.4 Å². The third kappa shape index (κ3) is 6.00. The summed E-state index contributed by atoms with van der Waals surface area (Å²) >= 11 is 0. The Labute approximate surface area is 176 Å². The zero-order valence-corrected chi connectivity index (χ0v) is 16.1. The predicted octanol–water partition coefficient (Wildman–Crippen LogP) is 0.934. The number of hydrogen-bond acceptors (Lipinski definition) is 6. The number of halogens is 6. The quantitative estimate of drug-likeness (QED) is 0.460. The maximum Gasteiger partial charge on any atom is 0.387 e. The van der Waals surface area contributed by atoms with Crippen LogP contribution in [0.5, 0.6) is 5.75 Å². The Morgan fingerprint density at radius 2 is 1.94 bits per heavy atom. The Balaban J connectivity index is 2.22. The maximum absolute atomic E-state index is 13.1. The number of rotatable bonds is 9. The molecule has 1 saturated heterocycles. The molecule has 0 aliphatic carbocycles. The van der Waals surface area contributed by atoms with E-state index in [9.17, 15) is 40.7 Å². The smallest absolute Gasteiger partial charge is 0.387 e. The lowest BCUT2D eigenvalue weighted by atomic mass is 10.2. The number of hydrogen-bond donors (Lipinski definition) is 3. The summed E-state index contributed by atoms with van der Waals surface area (Å²) in [7, 11) is 0. The molecule has 0 radical (unpaired) electrons. The van der Waals surface area contributed by atoms with Gasteiger partial charge in [-0.15, -0.1) is 0 Å². The summed E-state index contributed by atoms with van der Waals surface area (Å²) in [6, 6.07) is 1.48. The molecular formula is C17H18F6N4O5. The van der Waals surface area contributed by atoms with Gasteiger partial charge in [0.2, 0.25) is 5.91 Å². The number of amides is 3. The number of nitrogens with two attached hydrogens (primary N) is 1. The molecule has 9 nitrogen and oxygen atoms in total. The van der Waals surface area contributed by atoms with Crippen LogP contribution in [0.3, 0.4) is 0 Å². The monoisotopic (exact) mass is 472 g/mol. The summed E-state index contributed by atoms with van der Waals surface area (Å²) in [5.74, 6) is -9.83. The standard InChI is InChI=1S/C17H18F6N4O5/c18-14(19)17(22,23)15(30)26-10(6-24)13(29)25-9-2-1-8(5-11(9)32-16(20)21)27-3-4-31-7-12(27)28/h1-2,5,10,14,16H,3-4,6-7,24H2,(H,25,29)(H,26,30)/t10-/m0/s1. The number of alkyl halides is 6. The molecule has 2 rings (SSSR count). The third-order valence-electron chi connectivity index (χ3n) is 4.17. The van der Waals surface area contributed by atoms with Gasteiger partial charge < -0.3 is 30.7 Å². The highest BCUT2D eigenvalue weighted by Gasteiger charge is 2.49. The summed E-state index contributed by atoms with van der Waals surface area (Å²) in [4.78, 5) is 36.8. The zero-order valence-electron chi connectivity index (χ0n) is 16.1. The van der Waals surface area contributed by atoms with Crippen LogP contribution in [0.2, 0.25) is 0 Å². The molecule has 1 atom stereocenters. The van der Waals surface area contributed by atoms with Gasteiger partial charge in [-0.2, -0.15) is 17.6 Å². The third-order valence-corrected chi connectivity index (χ3v) is 4.17. The number of nitrogens with zero attached hydrogens (tertiary/aromatic N) is 1. The van der Waals surface area contributed by atoms with E-state index in [0.717, 1.165) is 12.1 Å². The fourth-order valence-corrected chi connectivity index (χ4v) is 2.57. The normalized spacial score (nSPS) is 15.7. The van der Waals surface area contributed by atoms with E-state index in [-0.39, 0.29) is 31.1 Å². The molecule has 32 heavy (non-hydrogen) atoms. The molecule has 1 aliphatic heterocycles. The molecule has 1 aliphatic rings. The van der Waals surface area contributed by atoms with Crippen LogP contribution in [-0.4, -0.2) is 69.0 Å². The van der Waals surface area contributed by atoms with Crippen molar-refractivity contribution in [2.45, 2.75) is 25.0 Å². The van der Waals surface area contributed by atoms with Gasteiger partial charge in [-0.25, -0.2) is 8.78 Å². The van der Waals surface area contributed by atoms with Crippen LogP contribution < -0.4 is 26.0 Å². The molecule has 0 aromatic heterocycles. The molecule has 4 N–H and O–H groups in total. The molecule has 0 bridgehead atoms. The Bertz CT molecular complexity index is 857. The van der Waals surface area contributed by atoms with E-state index in [1.807, 2.05) is 5.32 Å². The minimum Gasteiger partial charge on any atom is -0.433 e. The molecule has 1 aromatic carbocycles. The lowest BCUT2D eigenvalue weighted by molar-refractivity contribution is -0.170. The highest BCUT2D eigenvalue weighted by atomic mass is 19.3. The van der Waals surface area contributed by atoms with E-state index in [1.165, 1.54) is 16.3 Å². The Morgan fingerprint density at radius 1 is 1.25 bits per heavy atom.